The van der Waals surface area contributed by atoms with E-state index in [-0.39, 0.29) is 18.0 Å². The van der Waals surface area contributed by atoms with Gasteiger partial charge in [-0.2, -0.15) is 10.2 Å². The third kappa shape index (κ3) is 2.32. The number of aromatic amines is 1. The average molecular weight is 234 g/mol. The van der Waals surface area contributed by atoms with E-state index in [0.717, 1.165) is 13.0 Å². The molecule has 3 N–H and O–H groups in total. The quantitative estimate of drug-likeness (QED) is 0.730. The van der Waals surface area contributed by atoms with Crippen molar-refractivity contribution >= 4 is 11.6 Å². The highest BCUT2D eigenvalue weighted by Gasteiger charge is 2.15. The van der Waals surface area contributed by atoms with Crippen LogP contribution in [0.5, 0.6) is 0 Å². The number of Topliss-reactive ketones (excluding diaryl/α,β-unsaturated/α-hetero) is 1. The lowest BCUT2D eigenvalue weighted by Crippen LogP contribution is -2.12. The summed E-state index contributed by atoms with van der Waals surface area (Å²) >= 11 is 0. The molecule has 7 heteroatoms. The molecule has 7 nitrogen and oxygen atoms in total. The summed E-state index contributed by atoms with van der Waals surface area (Å²) in [7, 11) is 0. The zero-order valence-corrected chi connectivity index (χ0v) is 9.55. The Morgan fingerprint density at radius 3 is 3.06 bits per heavy atom. The molecule has 2 heterocycles. The third-order valence-corrected chi connectivity index (χ3v) is 2.42. The fourth-order valence-electron chi connectivity index (χ4n) is 1.58. The Bertz CT molecular complexity index is 514. The first-order chi connectivity index (χ1) is 8.22. The minimum absolute atomic E-state index is 0.110. The molecule has 0 saturated heterocycles. The monoisotopic (exact) mass is 234 g/mol. The molecule has 0 aromatic carbocycles. The number of anilines is 1. The van der Waals surface area contributed by atoms with Gasteiger partial charge in [0.2, 0.25) is 0 Å². The van der Waals surface area contributed by atoms with Crippen LogP contribution in [0.3, 0.4) is 0 Å². The second-order valence-electron chi connectivity index (χ2n) is 3.70. The van der Waals surface area contributed by atoms with Crippen molar-refractivity contribution in [3.63, 3.8) is 0 Å². The van der Waals surface area contributed by atoms with Gasteiger partial charge < -0.3 is 5.73 Å². The lowest BCUT2D eigenvalue weighted by atomic mass is 10.1. The number of aromatic nitrogens is 5. The van der Waals surface area contributed by atoms with Crippen LogP contribution in [0.15, 0.2) is 12.5 Å². The van der Waals surface area contributed by atoms with Gasteiger partial charge in [-0.15, -0.1) is 0 Å². The summed E-state index contributed by atoms with van der Waals surface area (Å²) < 4.78 is 1.73. The topological polar surface area (TPSA) is 102 Å². The van der Waals surface area contributed by atoms with Gasteiger partial charge in [0.05, 0.1) is 18.2 Å². The van der Waals surface area contributed by atoms with Gasteiger partial charge >= 0.3 is 0 Å². The predicted octanol–water partition coefficient (Wildman–Crippen LogP) is 0.419. The normalized spacial score (nSPS) is 10.6. The van der Waals surface area contributed by atoms with Gasteiger partial charge in [-0.1, -0.05) is 6.92 Å². The van der Waals surface area contributed by atoms with Crippen molar-refractivity contribution in [3.05, 3.63) is 23.9 Å². The number of aryl methyl sites for hydroxylation is 1. The maximum Gasteiger partial charge on any atom is 0.175 e. The Hall–Kier alpha value is -2.18. The van der Waals surface area contributed by atoms with Gasteiger partial charge in [0.25, 0.3) is 0 Å². The van der Waals surface area contributed by atoms with Crippen LogP contribution in [0.2, 0.25) is 0 Å². The molecule has 0 bridgehead atoms. The molecule has 0 radical (unpaired) electrons. The molecule has 2 aromatic heterocycles. The van der Waals surface area contributed by atoms with E-state index in [4.69, 9.17) is 5.73 Å². The summed E-state index contributed by atoms with van der Waals surface area (Å²) in [5.74, 6) is 0.829. The summed E-state index contributed by atoms with van der Waals surface area (Å²) in [4.78, 5) is 16.0. The van der Waals surface area contributed by atoms with E-state index in [2.05, 4.69) is 20.3 Å². The molecule has 17 heavy (non-hydrogen) atoms. The Morgan fingerprint density at radius 2 is 2.41 bits per heavy atom. The Balaban J connectivity index is 2.13. The van der Waals surface area contributed by atoms with Crippen molar-refractivity contribution in [1.29, 1.82) is 0 Å². The maximum absolute atomic E-state index is 11.9. The zero-order chi connectivity index (χ0) is 12.3. The number of carbonyl (C=O) groups excluding carboxylic acids is 1. The highest BCUT2D eigenvalue weighted by atomic mass is 16.1. The van der Waals surface area contributed by atoms with Crippen molar-refractivity contribution in [2.45, 2.75) is 26.3 Å². The first-order valence-corrected chi connectivity index (χ1v) is 5.41. The van der Waals surface area contributed by atoms with Crippen LogP contribution in [-0.4, -0.2) is 30.7 Å². The van der Waals surface area contributed by atoms with E-state index in [0.29, 0.717) is 11.4 Å². The van der Waals surface area contributed by atoms with Crippen LogP contribution < -0.4 is 5.73 Å². The molecule has 0 spiro atoms. The van der Waals surface area contributed by atoms with E-state index >= 15 is 0 Å². The van der Waals surface area contributed by atoms with Crippen LogP contribution in [-0.2, 0) is 13.0 Å². The SMILES string of the molecule is CCCn1ncnc1CC(=O)c1cn[nH]c1N. The molecule has 0 amide bonds. The molecule has 0 unspecified atom stereocenters. The molecule has 0 aliphatic carbocycles. The molecular weight excluding hydrogens is 220 g/mol. The van der Waals surface area contributed by atoms with Crippen LogP contribution in [0, 0.1) is 0 Å². The highest BCUT2D eigenvalue weighted by Crippen LogP contribution is 2.10. The molecular formula is C10H14N6O. The van der Waals surface area contributed by atoms with Crippen molar-refractivity contribution in [3.8, 4) is 0 Å². The molecule has 0 aliphatic heterocycles. The Kier molecular flexibility index (Phi) is 3.17. The number of carbonyl (C=O) groups is 1. The number of H-pyrrole nitrogens is 1. The first kappa shape index (κ1) is 11.3. The van der Waals surface area contributed by atoms with Gasteiger partial charge in [0.1, 0.15) is 18.0 Å². The molecule has 2 aromatic rings. The second kappa shape index (κ2) is 4.77. The van der Waals surface area contributed by atoms with Crippen LogP contribution in [0.25, 0.3) is 0 Å². The van der Waals surface area contributed by atoms with Crippen LogP contribution in [0.4, 0.5) is 5.82 Å². The summed E-state index contributed by atoms with van der Waals surface area (Å²) in [6, 6.07) is 0. The van der Waals surface area contributed by atoms with Crippen LogP contribution >= 0.6 is 0 Å². The number of hydrogen-bond acceptors (Lipinski definition) is 5. The molecule has 0 atom stereocenters. The first-order valence-electron chi connectivity index (χ1n) is 5.41. The number of hydrogen-bond donors (Lipinski definition) is 2. The van der Waals surface area contributed by atoms with Crippen molar-refractivity contribution in [2.24, 2.45) is 0 Å². The lowest BCUT2D eigenvalue weighted by molar-refractivity contribution is 0.0990. The van der Waals surface area contributed by atoms with Gasteiger partial charge in [0.15, 0.2) is 5.78 Å². The second-order valence-corrected chi connectivity index (χ2v) is 3.70. The number of ketones is 1. The summed E-state index contributed by atoms with van der Waals surface area (Å²) in [6.45, 7) is 2.80. The standard InChI is InChI=1S/C10H14N6O/c1-2-3-16-9(12-6-14-16)4-8(17)7-5-13-15-10(7)11/h5-6H,2-4H2,1H3,(H3,11,13,15). The van der Waals surface area contributed by atoms with Crippen LogP contribution in [0.1, 0.15) is 29.5 Å². The number of nitrogens with two attached hydrogens (primary N) is 1. The number of nitrogens with zero attached hydrogens (tertiary/aromatic N) is 4. The number of nitrogens with one attached hydrogen (secondary N) is 1. The molecule has 0 fully saturated rings. The molecule has 0 aliphatic rings. The fraction of sp³-hybridized carbons (Fsp3) is 0.400. The van der Waals surface area contributed by atoms with Gasteiger partial charge in [-0.05, 0) is 6.42 Å². The average Bonchev–Trinajstić information content (AvgIpc) is 2.89. The van der Waals surface area contributed by atoms with Crippen molar-refractivity contribution < 1.29 is 4.79 Å². The minimum atomic E-state index is -0.110. The van der Waals surface area contributed by atoms with Gasteiger partial charge in [-0.3, -0.25) is 9.89 Å². The minimum Gasteiger partial charge on any atom is -0.383 e. The summed E-state index contributed by atoms with van der Waals surface area (Å²) in [5, 5.41) is 10.3. The van der Waals surface area contributed by atoms with Crippen molar-refractivity contribution in [1.82, 2.24) is 25.0 Å². The van der Waals surface area contributed by atoms with E-state index in [9.17, 15) is 4.79 Å². The smallest absolute Gasteiger partial charge is 0.175 e. The van der Waals surface area contributed by atoms with E-state index in [1.165, 1.54) is 12.5 Å². The van der Waals surface area contributed by atoms with E-state index in [1.54, 1.807) is 4.68 Å². The number of nitrogen functional groups attached to an aromatic ring is 1. The summed E-state index contributed by atoms with van der Waals surface area (Å²) in [6.07, 6.45) is 4.01. The largest absolute Gasteiger partial charge is 0.383 e. The predicted molar refractivity (Wildman–Crippen MR) is 61.3 cm³/mol. The lowest BCUT2D eigenvalue weighted by Gasteiger charge is -2.03. The summed E-state index contributed by atoms with van der Waals surface area (Å²) in [5.41, 5.74) is 5.98. The maximum atomic E-state index is 11.9. The highest BCUT2D eigenvalue weighted by molar-refractivity contribution is 6.00. The fourth-order valence-corrected chi connectivity index (χ4v) is 1.58. The molecule has 2 rings (SSSR count). The van der Waals surface area contributed by atoms with Gasteiger partial charge in [0, 0.05) is 6.54 Å². The number of rotatable bonds is 5. The van der Waals surface area contributed by atoms with E-state index < -0.39 is 0 Å². The third-order valence-electron chi connectivity index (χ3n) is 2.42. The Morgan fingerprint density at radius 1 is 1.59 bits per heavy atom. The van der Waals surface area contributed by atoms with E-state index in [1.807, 2.05) is 6.92 Å². The molecule has 90 valence electrons. The van der Waals surface area contributed by atoms with Gasteiger partial charge in [-0.25, -0.2) is 9.67 Å². The zero-order valence-electron chi connectivity index (χ0n) is 9.55. The molecule has 0 saturated carbocycles. The Labute approximate surface area is 98.0 Å². The van der Waals surface area contributed by atoms with Crippen molar-refractivity contribution in [2.75, 3.05) is 5.73 Å².